The fourth-order valence-corrected chi connectivity index (χ4v) is 1.03. The van der Waals surface area contributed by atoms with Crippen LogP contribution in [0.25, 0.3) is 0 Å². The summed E-state index contributed by atoms with van der Waals surface area (Å²) in [5.74, 6) is -0.416. The van der Waals surface area contributed by atoms with Gasteiger partial charge in [0, 0.05) is 12.4 Å². The molecule has 1 heterocycles. The highest BCUT2D eigenvalue weighted by molar-refractivity contribution is 5.90. The molecule has 0 amide bonds. The van der Waals surface area contributed by atoms with E-state index in [0.717, 1.165) is 0 Å². The first-order valence-corrected chi connectivity index (χ1v) is 4.13. The molecule has 1 aromatic heterocycles. The van der Waals surface area contributed by atoms with E-state index >= 15 is 0 Å². The Hall–Kier alpha value is -2.10. The monoisotopic (exact) mass is 188 g/mol. The molecule has 4 nitrogen and oxygen atoms in total. The van der Waals surface area contributed by atoms with Crippen LogP contribution in [0.3, 0.4) is 0 Å². The molecule has 1 N–H and O–H groups in total. The number of imidazole rings is 1. The highest BCUT2D eigenvalue weighted by Gasteiger charge is 2.07. The third kappa shape index (κ3) is 1.80. The summed E-state index contributed by atoms with van der Waals surface area (Å²) >= 11 is 0. The Balaban J connectivity index is 2.11. The Morgan fingerprint density at radius 3 is 2.71 bits per heavy atom. The largest absolute Gasteiger partial charge is 0.388 e. The van der Waals surface area contributed by atoms with Gasteiger partial charge in [0.15, 0.2) is 0 Å². The van der Waals surface area contributed by atoms with Gasteiger partial charge in [-0.1, -0.05) is 18.2 Å². The molecule has 0 spiro atoms. The van der Waals surface area contributed by atoms with Gasteiger partial charge >= 0.3 is 12.0 Å². The fourth-order valence-electron chi connectivity index (χ4n) is 1.03. The molecule has 0 unspecified atom stereocenters. The van der Waals surface area contributed by atoms with Crippen LogP contribution < -0.4 is 4.74 Å². The normalized spacial score (nSPS) is 9.71. The first-order valence-electron chi connectivity index (χ1n) is 4.13. The van der Waals surface area contributed by atoms with E-state index in [-0.39, 0.29) is 6.01 Å². The molecular weight excluding hydrogens is 180 g/mol. The summed E-state index contributed by atoms with van der Waals surface area (Å²) in [6.07, 6.45) is 3.11. The quantitative estimate of drug-likeness (QED) is 0.728. The molecule has 0 aliphatic heterocycles. The smallest absolute Gasteiger partial charge is 0.345 e. The summed E-state index contributed by atoms with van der Waals surface area (Å²) in [6, 6.07) is 8.97. The summed E-state index contributed by atoms with van der Waals surface area (Å²) in [6.45, 7) is 0. The zero-order chi connectivity index (χ0) is 9.80. The highest BCUT2D eigenvalue weighted by atomic mass is 16.5. The second kappa shape index (κ2) is 3.74. The summed E-state index contributed by atoms with van der Waals surface area (Å²) < 4.78 is 4.93. The van der Waals surface area contributed by atoms with Crippen molar-refractivity contribution >= 4 is 5.97 Å². The zero-order valence-electron chi connectivity index (χ0n) is 7.31. The van der Waals surface area contributed by atoms with E-state index in [0.29, 0.717) is 5.56 Å². The second-order valence-corrected chi connectivity index (χ2v) is 2.65. The van der Waals surface area contributed by atoms with Crippen LogP contribution in [0, 0.1) is 0 Å². The van der Waals surface area contributed by atoms with E-state index in [4.69, 9.17) is 4.74 Å². The van der Waals surface area contributed by atoms with Gasteiger partial charge < -0.3 is 9.72 Å². The van der Waals surface area contributed by atoms with Crippen molar-refractivity contribution in [2.45, 2.75) is 0 Å². The molecular formula is C10H8N2O2. The minimum absolute atomic E-state index is 0.207. The summed E-state index contributed by atoms with van der Waals surface area (Å²) in [7, 11) is 0. The topological polar surface area (TPSA) is 55.0 Å². The molecule has 0 fully saturated rings. The Morgan fingerprint density at radius 2 is 2.07 bits per heavy atom. The number of esters is 1. The van der Waals surface area contributed by atoms with Crippen molar-refractivity contribution in [2.75, 3.05) is 0 Å². The number of rotatable bonds is 2. The van der Waals surface area contributed by atoms with E-state index in [9.17, 15) is 4.79 Å². The van der Waals surface area contributed by atoms with E-state index in [2.05, 4.69) is 9.97 Å². The van der Waals surface area contributed by atoms with Crippen LogP contribution in [0.1, 0.15) is 10.4 Å². The first-order chi connectivity index (χ1) is 6.86. The number of hydrogen-bond acceptors (Lipinski definition) is 3. The Bertz CT molecular complexity index is 409. The number of nitrogens with zero attached hydrogens (tertiary/aromatic N) is 1. The van der Waals surface area contributed by atoms with Crippen molar-refractivity contribution in [3.05, 3.63) is 48.3 Å². The number of aromatic amines is 1. The second-order valence-electron chi connectivity index (χ2n) is 2.65. The van der Waals surface area contributed by atoms with Gasteiger partial charge in [0.25, 0.3) is 0 Å². The number of nitrogens with one attached hydrogen (secondary N) is 1. The first kappa shape index (κ1) is 8.50. The number of benzene rings is 1. The zero-order valence-corrected chi connectivity index (χ0v) is 7.31. The van der Waals surface area contributed by atoms with Crippen LogP contribution in [-0.2, 0) is 0 Å². The molecule has 0 aliphatic rings. The molecule has 70 valence electrons. The minimum atomic E-state index is -0.416. The average molecular weight is 188 g/mol. The van der Waals surface area contributed by atoms with Gasteiger partial charge in [-0.05, 0) is 12.1 Å². The van der Waals surface area contributed by atoms with Crippen molar-refractivity contribution in [1.82, 2.24) is 9.97 Å². The lowest BCUT2D eigenvalue weighted by Crippen LogP contribution is -2.08. The lowest BCUT2D eigenvalue weighted by molar-refractivity contribution is 0.0721. The molecule has 2 rings (SSSR count). The molecule has 1 aromatic carbocycles. The van der Waals surface area contributed by atoms with E-state index in [1.54, 1.807) is 30.5 Å². The molecule has 0 saturated heterocycles. The predicted octanol–water partition coefficient (Wildman–Crippen LogP) is 1.63. The van der Waals surface area contributed by atoms with Crippen molar-refractivity contribution in [1.29, 1.82) is 0 Å². The van der Waals surface area contributed by atoms with Crippen molar-refractivity contribution in [2.24, 2.45) is 0 Å². The van der Waals surface area contributed by atoms with Crippen molar-refractivity contribution < 1.29 is 9.53 Å². The van der Waals surface area contributed by atoms with E-state index in [1.165, 1.54) is 6.20 Å². The molecule has 4 heteroatoms. The van der Waals surface area contributed by atoms with Gasteiger partial charge in [-0.15, -0.1) is 0 Å². The van der Waals surface area contributed by atoms with Gasteiger partial charge in [-0.25, -0.2) is 9.78 Å². The fraction of sp³-hybridized carbons (Fsp3) is 0. The van der Waals surface area contributed by atoms with Crippen LogP contribution in [0.15, 0.2) is 42.7 Å². The Labute approximate surface area is 80.6 Å². The van der Waals surface area contributed by atoms with Gasteiger partial charge in [0.1, 0.15) is 0 Å². The summed E-state index contributed by atoms with van der Waals surface area (Å²) in [5, 5.41) is 0. The molecule has 0 saturated carbocycles. The number of H-pyrrole nitrogens is 1. The average Bonchev–Trinajstić information content (AvgIpc) is 2.72. The molecule has 2 aromatic rings. The molecule has 14 heavy (non-hydrogen) atoms. The van der Waals surface area contributed by atoms with Crippen LogP contribution in [0.5, 0.6) is 6.01 Å². The van der Waals surface area contributed by atoms with Crippen LogP contribution in [-0.4, -0.2) is 15.9 Å². The summed E-state index contributed by atoms with van der Waals surface area (Å²) in [5.41, 5.74) is 0.504. The standard InChI is InChI=1S/C10H8N2O2/c13-9(8-4-2-1-3-5-8)14-10-11-6-7-12-10/h1-7H,(H,11,12). The molecule has 0 aliphatic carbocycles. The maximum atomic E-state index is 11.4. The number of carbonyl (C=O) groups excluding carboxylic acids is 1. The van der Waals surface area contributed by atoms with Gasteiger partial charge in [0.05, 0.1) is 5.56 Å². The third-order valence-corrected chi connectivity index (χ3v) is 1.67. The number of ether oxygens (including phenoxy) is 1. The third-order valence-electron chi connectivity index (χ3n) is 1.67. The lowest BCUT2D eigenvalue weighted by Gasteiger charge is -1.99. The predicted molar refractivity (Wildman–Crippen MR) is 50.0 cm³/mol. The number of aromatic nitrogens is 2. The maximum Gasteiger partial charge on any atom is 0.345 e. The van der Waals surface area contributed by atoms with Gasteiger partial charge in [0.2, 0.25) is 0 Å². The van der Waals surface area contributed by atoms with Crippen LogP contribution in [0.4, 0.5) is 0 Å². The molecule has 0 atom stereocenters. The van der Waals surface area contributed by atoms with Gasteiger partial charge in [-0.2, -0.15) is 0 Å². The van der Waals surface area contributed by atoms with E-state index in [1.807, 2.05) is 6.07 Å². The Morgan fingerprint density at radius 1 is 1.29 bits per heavy atom. The number of hydrogen-bond donors (Lipinski definition) is 1. The van der Waals surface area contributed by atoms with Crippen LogP contribution >= 0.6 is 0 Å². The van der Waals surface area contributed by atoms with Gasteiger partial charge in [-0.3, -0.25) is 0 Å². The maximum absolute atomic E-state index is 11.4. The minimum Gasteiger partial charge on any atom is -0.388 e. The van der Waals surface area contributed by atoms with Crippen molar-refractivity contribution in [3.63, 3.8) is 0 Å². The molecule has 0 bridgehead atoms. The lowest BCUT2D eigenvalue weighted by atomic mass is 10.2. The summed E-state index contributed by atoms with van der Waals surface area (Å²) in [4.78, 5) is 17.9. The van der Waals surface area contributed by atoms with Crippen LogP contribution in [0.2, 0.25) is 0 Å². The number of carbonyl (C=O) groups is 1. The van der Waals surface area contributed by atoms with E-state index < -0.39 is 5.97 Å². The Kier molecular flexibility index (Phi) is 2.27. The molecule has 0 radical (unpaired) electrons. The highest BCUT2D eigenvalue weighted by Crippen LogP contribution is 2.05. The SMILES string of the molecule is O=C(Oc1ncc[nH]1)c1ccccc1. The van der Waals surface area contributed by atoms with Crippen molar-refractivity contribution in [3.8, 4) is 6.01 Å².